The predicted octanol–water partition coefficient (Wildman–Crippen LogP) is 5.00. The Bertz CT molecular complexity index is 1260. The van der Waals surface area contributed by atoms with Crippen molar-refractivity contribution >= 4 is 17.7 Å². The third kappa shape index (κ3) is 5.44. The van der Waals surface area contributed by atoms with Gasteiger partial charge < -0.3 is 10.2 Å². The molecule has 1 amide bonds. The Balaban J connectivity index is 1.34. The highest BCUT2D eigenvalue weighted by atomic mass is 19.1. The van der Waals surface area contributed by atoms with Gasteiger partial charge in [-0.3, -0.25) is 9.78 Å². The smallest absolute Gasteiger partial charge is 0.356 e. The first kappa shape index (κ1) is 24.1. The van der Waals surface area contributed by atoms with Gasteiger partial charge in [-0.05, 0) is 93.2 Å². The van der Waals surface area contributed by atoms with Crippen LogP contribution in [-0.2, 0) is 9.63 Å². The summed E-state index contributed by atoms with van der Waals surface area (Å²) < 4.78 is 15.0. The summed E-state index contributed by atoms with van der Waals surface area (Å²) in [5.41, 5.74) is 5.73. The summed E-state index contributed by atoms with van der Waals surface area (Å²) >= 11 is 0. The number of aromatic nitrogens is 2. The van der Waals surface area contributed by atoms with Crippen LogP contribution in [0.5, 0.6) is 0 Å². The number of carbonyl (C=O) groups excluding carboxylic acids is 2. The molecule has 0 bridgehead atoms. The highest BCUT2D eigenvalue weighted by Crippen LogP contribution is 2.50. The largest absolute Gasteiger partial charge is 0.366 e. The molecule has 1 aromatic carbocycles. The number of hydrogen-bond acceptors (Lipinski definition) is 6. The highest BCUT2D eigenvalue weighted by Gasteiger charge is 2.48. The monoisotopic (exact) mass is 488 g/mol. The fraction of sp³-hybridized carbons (Fsp3) is 0.357. The molecule has 8 heteroatoms. The molecule has 0 spiro atoms. The van der Waals surface area contributed by atoms with Crippen LogP contribution in [0.2, 0.25) is 0 Å². The number of hydrogen-bond donors (Lipinski definition) is 2. The number of hydroxylamine groups is 1. The molecule has 2 aromatic heterocycles. The van der Waals surface area contributed by atoms with Crippen molar-refractivity contribution < 1.29 is 18.8 Å². The molecule has 2 aliphatic carbocycles. The number of nitrogens with one attached hydrogen (secondary N) is 2. The van der Waals surface area contributed by atoms with Gasteiger partial charge >= 0.3 is 5.97 Å². The van der Waals surface area contributed by atoms with Crippen molar-refractivity contribution in [1.82, 2.24) is 15.4 Å². The maximum Gasteiger partial charge on any atom is 0.356 e. The third-order valence-corrected chi connectivity index (χ3v) is 6.90. The van der Waals surface area contributed by atoms with E-state index in [1.807, 2.05) is 26.0 Å². The lowest BCUT2D eigenvalue weighted by Crippen LogP contribution is -2.48. The van der Waals surface area contributed by atoms with Crippen molar-refractivity contribution in [3.8, 4) is 11.1 Å². The van der Waals surface area contributed by atoms with Crippen LogP contribution in [0.3, 0.4) is 0 Å². The van der Waals surface area contributed by atoms with Gasteiger partial charge in [0.15, 0.2) is 0 Å². The van der Waals surface area contributed by atoms with Gasteiger partial charge in [0.2, 0.25) is 11.9 Å². The van der Waals surface area contributed by atoms with Gasteiger partial charge in [0, 0.05) is 23.0 Å². The number of carbonyl (C=O) groups is 2. The summed E-state index contributed by atoms with van der Waals surface area (Å²) in [6.07, 6.45) is 5.91. The Morgan fingerprint density at radius 2 is 1.69 bits per heavy atom. The van der Waals surface area contributed by atoms with Crippen LogP contribution in [0.15, 0.2) is 54.7 Å². The normalized spacial score (nSPS) is 16.0. The maximum absolute atomic E-state index is 15.0. The molecule has 2 fully saturated rings. The SMILES string of the molecule is Cc1cnc(C)c(-c2ccc(NC(=O)[C@@H](NOC(=O)c3ccccc3)C(C3CC3)C3CC3)nc2F)c1. The zero-order valence-corrected chi connectivity index (χ0v) is 20.3. The van der Waals surface area contributed by atoms with Crippen LogP contribution < -0.4 is 10.8 Å². The maximum atomic E-state index is 15.0. The number of nitrogens with zero attached hydrogens (tertiary/aromatic N) is 2. The number of anilines is 1. The van der Waals surface area contributed by atoms with E-state index in [-0.39, 0.29) is 11.7 Å². The van der Waals surface area contributed by atoms with Crippen molar-refractivity contribution in [2.45, 2.75) is 45.6 Å². The van der Waals surface area contributed by atoms with Crippen LogP contribution in [0.25, 0.3) is 11.1 Å². The van der Waals surface area contributed by atoms with Gasteiger partial charge in [0.1, 0.15) is 11.9 Å². The Morgan fingerprint density at radius 1 is 1.00 bits per heavy atom. The Morgan fingerprint density at radius 3 is 2.33 bits per heavy atom. The van der Waals surface area contributed by atoms with Gasteiger partial charge in [0.25, 0.3) is 0 Å². The van der Waals surface area contributed by atoms with Crippen LogP contribution in [-0.4, -0.2) is 27.9 Å². The fourth-order valence-corrected chi connectivity index (χ4v) is 4.77. The summed E-state index contributed by atoms with van der Waals surface area (Å²) in [5, 5.41) is 2.74. The molecule has 2 saturated carbocycles. The molecule has 7 nitrogen and oxygen atoms in total. The summed E-state index contributed by atoms with van der Waals surface area (Å²) in [4.78, 5) is 39.6. The number of halogens is 1. The zero-order chi connectivity index (χ0) is 25.2. The number of benzene rings is 1. The van der Waals surface area contributed by atoms with Gasteiger partial charge in [-0.25, -0.2) is 9.78 Å². The minimum atomic E-state index is -0.759. The fourth-order valence-electron chi connectivity index (χ4n) is 4.77. The molecule has 2 aliphatic rings. The Kier molecular flexibility index (Phi) is 6.78. The number of pyridine rings is 2. The van der Waals surface area contributed by atoms with Crippen molar-refractivity contribution in [2.24, 2.45) is 17.8 Å². The first-order valence-electron chi connectivity index (χ1n) is 12.3. The number of rotatable bonds is 9. The van der Waals surface area contributed by atoms with Crippen LogP contribution in [0.1, 0.15) is 47.3 Å². The van der Waals surface area contributed by atoms with Gasteiger partial charge in [-0.15, -0.1) is 5.48 Å². The van der Waals surface area contributed by atoms with Crippen LogP contribution in [0, 0.1) is 37.5 Å². The lowest BCUT2D eigenvalue weighted by atomic mass is 9.89. The molecule has 2 heterocycles. The van der Waals surface area contributed by atoms with E-state index in [1.165, 1.54) is 0 Å². The predicted molar refractivity (Wildman–Crippen MR) is 133 cm³/mol. The third-order valence-electron chi connectivity index (χ3n) is 6.90. The minimum absolute atomic E-state index is 0.0405. The second-order valence-corrected chi connectivity index (χ2v) is 9.77. The van der Waals surface area contributed by atoms with Crippen molar-refractivity contribution in [3.05, 3.63) is 77.5 Å². The molecule has 0 aliphatic heterocycles. The molecular formula is C28H29FN4O3. The van der Waals surface area contributed by atoms with E-state index in [4.69, 9.17) is 4.84 Å². The van der Waals surface area contributed by atoms with Gasteiger partial charge in [-0.1, -0.05) is 18.2 Å². The molecule has 36 heavy (non-hydrogen) atoms. The molecule has 0 saturated heterocycles. The minimum Gasteiger partial charge on any atom is -0.366 e. The molecule has 186 valence electrons. The van der Waals surface area contributed by atoms with E-state index < -0.39 is 23.9 Å². The molecular weight excluding hydrogens is 459 g/mol. The van der Waals surface area contributed by atoms with Crippen molar-refractivity contribution in [2.75, 3.05) is 5.32 Å². The zero-order valence-electron chi connectivity index (χ0n) is 20.3. The first-order chi connectivity index (χ1) is 17.4. The summed E-state index contributed by atoms with van der Waals surface area (Å²) in [7, 11) is 0. The topological polar surface area (TPSA) is 93.2 Å². The van der Waals surface area contributed by atoms with E-state index in [2.05, 4.69) is 20.8 Å². The molecule has 0 unspecified atom stereocenters. The van der Waals surface area contributed by atoms with E-state index >= 15 is 4.39 Å². The van der Waals surface area contributed by atoms with E-state index in [9.17, 15) is 9.59 Å². The lowest BCUT2D eigenvalue weighted by molar-refractivity contribution is -0.123. The van der Waals surface area contributed by atoms with Crippen molar-refractivity contribution in [1.29, 1.82) is 0 Å². The molecule has 5 rings (SSSR count). The second kappa shape index (κ2) is 10.1. The molecule has 1 atom stereocenters. The van der Waals surface area contributed by atoms with Gasteiger partial charge in [-0.2, -0.15) is 4.39 Å². The summed E-state index contributed by atoms with van der Waals surface area (Å²) in [6, 6.07) is 12.9. The van der Waals surface area contributed by atoms with E-state index in [0.29, 0.717) is 34.2 Å². The summed E-state index contributed by atoms with van der Waals surface area (Å²) in [6.45, 7) is 3.70. The summed E-state index contributed by atoms with van der Waals surface area (Å²) in [5.74, 6) is -0.698. The molecule has 3 aromatic rings. The highest BCUT2D eigenvalue weighted by molar-refractivity contribution is 5.95. The Labute approximate surface area is 209 Å². The van der Waals surface area contributed by atoms with Crippen LogP contribution >= 0.6 is 0 Å². The number of aryl methyl sites for hydroxylation is 2. The average Bonchev–Trinajstić information content (AvgIpc) is 3.79. The Hall–Kier alpha value is -3.65. The first-order valence-corrected chi connectivity index (χ1v) is 12.3. The van der Waals surface area contributed by atoms with Gasteiger partial charge in [0.05, 0.1) is 5.56 Å². The molecule has 0 radical (unpaired) electrons. The standard InChI is InChI=1S/C28H29FN4O3/c1-16-14-22(17(2)30-15-16)21-12-13-23(31-26(21)29)32-27(34)25(24(18-8-9-18)19-10-11-19)33-36-28(35)20-6-4-3-5-7-20/h3-7,12-15,18-19,24-25,33H,8-11H2,1-2H3,(H,31,32,34)/t25-/m0/s1. The lowest BCUT2D eigenvalue weighted by Gasteiger charge is -2.26. The molecule has 2 N–H and O–H groups in total. The van der Waals surface area contributed by atoms with E-state index in [0.717, 1.165) is 31.2 Å². The number of amides is 1. The van der Waals surface area contributed by atoms with E-state index in [1.54, 1.807) is 42.6 Å². The quantitative estimate of drug-likeness (QED) is 0.325. The average molecular weight is 489 g/mol. The van der Waals surface area contributed by atoms with Crippen LogP contribution in [0.4, 0.5) is 10.2 Å². The van der Waals surface area contributed by atoms with Crippen molar-refractivity contribution in [3.63, 3.8) is 0 Å². The second-order valence-electron chi connectivity index (χ2n) is 9.77.